The molecule has 118 valence electrons. The van der Waals surface area contributed by atoms with Gasteiger partial charge in [0, 0.05) is 20.9 Å². The number of H-pyrrole nitrogens is 1. The number of amides is 1. The van der Waals surface area contributed by atoms with Crippen LogP contribution in [0.1, 0.15) is 6.92 Å². The molecule has 1 amide bonds. The number of carbonyl (C=O) groups excluding carboxylic acids is 1. The lowest BCUT2D eigenvalue weighted by molar-refractivity contribution is -0.115. The van der Waals surface area contributed by atoms with Crippen LogP contribution >= 0.6 is 39.0 Å². The van der Waals surface area contributed by atoms with Crippen LogP contribution in [-0.2, 0) is 4.79 Å². The third kappa shape index (κ3) is 4.25. The number of halogens is 1. The van der Waals surface area contributed by atoms with Crippen LogP contribution in [-0.4, -0.2) is 21.1 Å². The molecule has 0 saturated heterocycles. The van der Waals surface area contributed by atoms with E-state index in [4.69, 9.17) is 0 Å². The fourth-order valence-electron chi connectivity index (χ4n) is 1.92. The van der Waals surface area contributed by atoms with E-state index in [-0.39, 0.29) is 11.2 Å². The Morgan fingerprint density at radius 3 is 2.83 bits per heavy atom. The minimum absolute atomic E-state index is 0.0506. The van der Waals surface area contributed by atoms with E-state index in [0.717, 1.165) is 20.8 Å². The Kier molecular flexibility index (Phi) is 5.20. The van der Waals surface area contributed by atoms with Crippen molar-refractivity contribution in [3.05, 3.63) is 52.4 Å². The molecule has 2 aromatic heterocycles. The smallest absolute Gasteiger partial charge is 0.239 e. The van der Waals surface area contributed by atoms with Gasteiger partial charge in [0.15, 0.2) is 5.13 Å². The van der Waals surface area contributed by atoms with Gasteiger partial charge in [-0.1, -0.05) is 15.9 Å². The number of aromatic nitrogens is 2. The van der Waals surface area contributed by atoms with Gasteiger partial charge in [-0.15, -0.1) is 23.1 Å². The van der Waals surface area contributed by atoms with Crippen LogP contribution in [0.3, 0.4) is 0 Å². The lowest BCUT2D eigenvalue weighted by Crippen LogP contribution is -2.22. The summed E-state index contributed by atoms with van der Waals surface area (Å²) in [6.45, 7) is 1.89. The quantitative estimate of drug-likeness (QED) is 0.583. The molecule has 1 atom stereocenters. The maximum Gasteiger partial charge on any atom is 0.239 e. The number of nitrogens with one attached hydrogen (secondary N) is 2. The van der Waals surface area contributed by atoms with Crippen molar-refractivity contribution in [2.24, 2.45) is 0 Å². The average Bonchev–Trinajstić information content (AvgIpc) is 3.20. The minimum Gasteiger partial charge on any atom is -0.360 e. The zero-order chi connectivity index (χ0) is 16.2. The van der Waals surface area contributed by atoms with Crippen LogP contribution < -0.4 is 5.32 Å². The molecular weight excluding hydrogens is 394 g/mol. The average molecular weight is 408 g/mol. The first-order valence-electron chi connectivity index (χ1n) is 6.94. The molecule has 4 nitrogen and oxygen atoms in total. The van der Waals surface area contributed by atoms with Crippen LogP contribution in [0.5, 0.6) is 0 Å². The molecule has 0 aliphatic rings. The predicted molar refractivity (Wildman–Crippen MR) is 100.0 cm³/mol. The molecule has 1 aromatic carbocycles. The Bertz CT molecular complexity index is 784. The number of aromatic amines is 1. The monoisotopic (exact) mass is 407 g/mol. The van der Waals surface area contributed by atoms with Gasteiger partial charge in [0.1, 0.15) is 0 Å². The number of hydrogen-bond donors (Lipinski definition) is 2. The number of hydrogen-bond acceptors (Lipinski definition) is 4. The van der Waals surface area contributed by atoms with Crippen molar-refractivity contribution in [1.82, 2.24) is 9.97 Å². The summed E-state index contributed by atoms with van der Waals surface area (Å²) in [6, 6.07) is 11.8. The zero-order valence-electron chi connectivity index (χ0n) is 12.2. The van der Waals surface area contributed by atoms with Gasteiger partial charge >= 0.3 is 0 Å². The van der Waals surface area contributed by atoms with E-state index >= 15 is 0 Å². The van der Waals surface area contributed by atoms with E-state index in [1.54, 1.807) is 0 Å². The maximum atomic E-state index is 12.3. The van der Waals surface area contributed by atoms with E-state index in [9.17, 15) is 4.79 Å². The van der Waals surface area contributed by atoms with Crippen LogP contribution in [0.4, 0.5) is 5.13 Å². The SMILES string of the molecule is CC(Sc1ccc(Br)cc1)C(=O)Nc1nc(-c2ccc[nH]2)cs1. The summed E-state index contributed by atoms with van der Waals surface area (Å²) < 4.78 is 1.03. The topological polar surface area (TPSA) is 57.8 Å². The highest BCUT2D eigenvalue weighted by molar-refractivity contribution is 9.10. The molecule has 0 bridgehead atoms. The number of carbonyl (C=O) groups is 1. The van der Waals surface area contributed by atoms with Crippen LogP contribution in [0, 0.1) is 0 Å². The fourth-order valence-corrected chi connectivity index (χ4v) is 3.77. The third-order valence-corrected chi connectivity index (χ3v) is 5.50. The number of benzene rings is 1. The largest absolute Gasteiger partial charge is 0.360 e. The molecule has 3 rings (SSSR count). The van der Waals surface area contributed by atoms with Crippen LogP contribution in [0.2, 0.25) is 0 Å². The first-order valence-corrected chi connectivity index (χ1v) is 9.49. The van der Waals surface area contributed by atoms with Gasteiger partial charge in [-0.3, -0.25) is 4.79 Å². The third-order valence-electron chi connectivity index (χ3n) is 3.10. The Labute approximate surface area is 150 Å². The van der Waals surface area contributed by atoms with Crippen molar-refractivity contribution in [3.63, 3.8) is 0 Å². The van der Waals surface area contributed by atoms with Gasteiger partial charge < -0.3 is 10.3 Å². The van der Waals surface area contributed by atoms with Crippen molar-refractivity contribution < 1.29 is 4.79 Å². The molecule has 0 spiro atoms. The Hall–Kier alpha value is -1.57. The summed E-state index contributed by atoms with van der Waals surface area (Å²) in [5.74, 6) is -0.0506. The zero-order valence-corrected chi connectivity index (χ0v) is 15.5. The highest BCUT2D eigenvalue weighted by Crippen LogP contribution is 2.27. The molecule has 7 heteroatoms. The normalized spacial score (nSPS) is 12.1. The number of anilines is 1. The minimum atomic E-state index is -0.200. The summed E-state index contributed by atoms with van der Waals surface area (Å²) >= 11 is 6.35. The molecule has 0 fully saturated rings. The van der Waals surface area contributed by atoms with E-state index in [1.165, 1.54) is 23.1 Å². The van der Waals surface area contributed by atoms with E-state index in [1.807, 2.05) is 54.9 Å². The first kappa shape index (κ1) is 16.3. The number of rotatable bonds is 5. The van der Waals surface area contributed by atoms with Crippen LogP contribution in [0.15, 0.2) is 57.3 Å². The maximum absolute atomic E-state index is 12.3. The van der Waals surface area contributed by atoms with Gasteiger partial charge in [-0.2, -0.15) is 0 Å². The summed E-state index contributed by atoms with van der Waals surface area (Å²) in [7, 11) is 0. The van der Waals surface area contributed by atoms with E-state index in [2.05, 4.69) is 31.2 Å². The van der Waals surface area contributed by atoms with E-state index in [0.29, 0.717) is 5.13 Å². The first-order chi connectivity index (χ1) is 11.1. The molecule has 23 heavy (non-hydrogen) atoms. The number of thiazole rings is 1. The van der Waals surface area contributed by atoms with Gasteiger partial charge in [0.05, 0.1) is 16.6 Å². The van der Waals surface area contributed by atoms with Crippen molar-refractivity contribution in [2.45, 2.75) is 17.1 Å². The Morgan fingerprint density at radius 2 is 2.13 bits per heavy atom. The standard InChI is InChI=1S/C16H14BrN3OS2/c1-10(23-12-6-4-11(17)5-7-12)15(21)20-16-19-14(9-22-16)13-3-2-8-18-13/h2-10,18H,1H3,(H,19,20,21). The molecule has 0 radical (unpaired) electrons. The Balaban J connectivity index is 1.61. The van der Waals surface area contributed by atoms with Gasteiger partial charge in [0.2, 0.25) is 5.91 Å². The lowest BCUT2D eigenvalue weighted by atomic mass is 10.3. The van der Waals surface area contributed by atoms with Crippen LogP contribution in [0.25, 0.3) is 11.4 Å². The summed E-state index contributed by atoms with van der Waals surface area (Å²) in [5, 5.41) is 5.22. The van der Waals surface area contributed by atoms with Crippen molar-refractivity contribution in [1.29, 1.82) is 0 Å². The van der Waals surface area contributed by atoms with Gasteiger partial charge in [-0.05, 0) is 43.3 Å². The second kappa shape index (κ2) is 7.33. The highest BCUT2D eigenvalue weighted by atomic mass is 79.9. The second-order valence-electron chi connectivity index (χ2n) is 4.82. The fraction of sp³-hybridized carbons (Fsp3) is 0.125. The molecule has 0 aliphatic heterocycles. The summed E-state index contributed by atoms with van der Waals surface area (Å²) in [5.41, 5.74) is 1.78. The predicted octanol–water partition coefficient (Wildman–Crippen LogP) is 5.02. The van der Waals surface area contributed by atoms with E-state index < -0.39 is 0 Å². The lowest BCUT2D eigenvalue weighted by Gasteiger charge is -2.10. The number of thioether (sulfide) groups is 1. The Morgan fingerprint density at radius 1 is 1.35 bits per heavy atom. The molecule has 1 unspecified atom stereocenters. The van der Waals surface area contributed by atoms with Gasteiger partial charge in [0.25, 0.3) is 0 Å². The van der Waals surface area contributed by atoms with Crippen molar-refractivity contribution in [3.8, 4) is 11.4 Å². The molecule has 2 N–H and O–H groups in total. The second-order valence-corrected chi connectivity index (χ2v) is 8.01. The summed E-state index contributed by atoms with van der Waals surface area (Å²) in [4.78, 5) is 20.9. The molecular formula is C16H14BrN3OS2. The van der Waals surface area contributed by atoms with Gasteiger partial charge in [-0.25, -0.2) is 4.98 Å². The molecule has 0 saturated carbocycles. The van der Waals surface area contributed by atoms with Crippen molar-refractivity contribution >= 4 is 50.1 Å². The van der Waals surface area contributed by atoms with Crippen molar-refractivity contribution in [2.75, 3.05) is 5.32 Å². The highest BCUT2D eigenvalue weighted by Gasteiger charge is 2.16. The summed E-state index contributed by atoms with van der Waals surface area (Å²) in [6.07, 6.45) is 1.85. The number of nitrogens with zero attached hydrogens (tertiary/aromatic N) is 1. The molecule has 3 aromatic rings. The molecule has 2 heterocycles. The molecule has 0 aliphatic carbocycles.